The SMILES string of the molecule is Cc1ccc2sc(C(=O)NCCCCC(C)C)c(N)c2c1. The Morgan fingerprint density at radius 3 is 2.81 bits per heavy atom. The maximum atomic E-state index is 12.2. The van der Waals surface area contributed by atoms with Gasteiger partial charge in [-0.1, -0.05) is 38.3 Å². The van der Waals surface area contributed by atoms with Crippen molar-refractivity contribution in [2.45, 2.75) is 40.0 Å². The summed E-state index contributed by atoms with van der Waals surface area (Å²) in [6.07, 6.45) is 3.38. The van der Waals surface area contributed by atoms with Crippen molar-refractivity contribution < 1.29 is 4.79 Å². The van der Waals surface area contributed by atoms with Gasteiger partial charge in [-0.25, -0.2) is 0 Å². The highest BCUT2D eigenvalue weighted by Gasteiger charge is 2.15. The van der Waals surface area contributed by atoms with Crippen LogP contribution in [0.4, 0.5) is 5.69 Å². The van der Waals surface area contributed by atoms with E-state index in [2.05, 4.69) is 19.2 Å². The Bertz CT molecular complexity index is 631. The minimum Gasteiger partial charge on any atom is -0.397 e. The molecule has 0 aliphatic heterocycles. The van der Waals surface area contributed by atoms with Gasteiger partial charge in [0, 0.05) is 16.6 Å². The number of carbonyl (C=O) groups is 1. The second-order valence-electron chi connectivity index (χ2n) is 5.99. The Hall–Kier alpha value is -1.55. The van der Waals surface area contributed by atoms with Crippen LogP contribution in [-0.4, -0.2) is 12.5 Å². The first-order chi connectivity index (χ1) is 9.99. The Morgan fingerprint density at radius 2 is 2.10 bits per heavy atom. The number of benzene rings is 1. The Labute approximate surface area is 130 Å². The number of unbranched alkanes of at least 4 members (excludes halogenated alkanes) is 1. The van der Waals surface area contributed by atoms with Gasteiger partial charge in [0.05, 0.1) is 5.69 Å². The Morgan fingerprint density at radius 1 is 1.33 bits per heavy atom. The number of hydrogen-bond acceptors (Lipinski definition) is 3. The molecule has 114 valence electrons. The van der Waals surface area contributed by atoms with E-state index in [1.165, 1.54) is 17.8 Å². The molecule has 1 heterocycles. The normalized spacial score (nSPS) is 11.2. The zero-order valence-corrected chi connectivity index (χ0v) is 13.8. The van der Waals surface area contributed by atoms with Crippen molar-refractivity contribution in [1.82, 2.24) is 5.32 Å². The molecule has 0 aliphatic carbocycles. The second-order valence-corrected chi connectivity index (χ2v) is 7.04. The van der Waals surface area contributed by atoms with Gasteiger partial charge in [0.1, 0.15) is 4.88 Å². The molecule has 0 radical (unpaired) electrons. The van der Waals surface area contributed by atoms with Crippen molar-refractivity contribution in [3.8, 4) is 0 Å². The minimum absolute atomic E-state index is 0.0455. The molecule has 1 aromatic heterocycles. The Kier molecular flexibility index (Phi) is 5.23. The molecule has 0 saturated carbocycles. The number of hydrogen-bond donors (Lipinski definition) is 2. The standard InChI is InChI=1S/C17H24N2OS/c1-11(2)6-4-5-9-19-17(20)16-15(18)13-10-12(3)7-8-14(13)21-16/h7-8,10-11H,4-6,9,18H2,1-3H3,(H,19,20). The lowest BCUT2D eigenvalue weighted by Gasteiger charge is -2.06. The first-order valence-corrected chi connectivity index (χ1v) is 8.37. The predicted octanol–water partition coefficient (Wildman–Crippen LogP) is 4.35. The van der Waals surface area contributed by atoms with E-state index < -0.39 is 0 Å². The third kappa shape index (κ3) is 3.97. The summed E-state index contributed by atoms with van der Waals surface area (Å²) in [6, 6.07) is 6.12. The number of fused-ring (bicyclic) bond motifs is 1. The monoisotopic (exact) mass is 304 g/mol. The lowest BCUT2D eigenvalue weighted by Crippen LogP contribution is -2.24. The summed E-state index contributed by atoms with van der Waals surface area (Å²) in [7, 11) is 0. The van der Waals surface area contributed by atoms with Gasteiger partial charge in [0.15, 0.2) is 0 Å². The van der Waals surface area contributed by atoms with E-state index in [1.54, 1.807) is 0 Å². The van der Waals surface area contributed by atoms with Crippen LogP contribution in [-0.2, 0) is 0 Å². The molecule has 3 nitrogen and oxygen atoms in total. The van der Waals surface area contributed by atoms with Crippen molar-refractivity contribution in [2.24, 2.45) is 5.92 Å². The maximum Gasteiger partial charge on any atom is 0.263 e. The first-order valence-electron chi connectivity index (χ1n) is 7.56. The fourth-order valence-corrected chi connectivity index (χ4v) is 3.38. The fraction of sp³-hybridized carbons (Fsp3) is 0.471. The molecule has 2 aromatic rings. The number of thiophene rings is 1. The zero-order valence-electron chi connectivity index (χ0n) is 13.0. The lowest BCUT2D eigenvalue weighted by molar-refractivity contribution is 0.0958. The van der Waals surface area contributed by atoms with E-state index in [4.69, 9.17) is 5.73 Å². The average molecular weight is 304 g/mol. The zero-order chi connectivity index (χ0) is 15.4. The third-order valence-electron chi connectivity index (χ3n) is 3.58. The number of nitrogen functional groups attached to an aromatic ring is 1. The number of amides is 1. The molecule has 4 heteroatoms. The van der Waals surface area contributed by atoms with Gasteiger partial charge in [0.25, 0.3) is 5.91 Å². The van der Waals surface area contributed by atoms with E-state index in [-0.39, 0.29) is 5.91 Å². The summed E-state index contributed by atoms with van der Waals surface area (Å²) >= 11 is 1.47. The first kappa shape index (κ1) is 15.8. The van der Waals surface area contributed by atoms with Gasteiger partial charge in [-0.05, 0) is 31.4 Å². The smallest absolute Gasteiger partial charge is 0.263 e. The van der Waals surface area contributed by atoms with Crippen molar-refractivity contribution in [1.29, 1.82) is 0 Å². The van der Waals surface area contributed by atoms with Crippen LogP contribution < -0.4 is 11.1 Å². The molecule has 2 rings (SSSR count). The topological polar surface area (TPSA) is 55.1 Å². The Balaban J connectivity index is 1.98. The van der Waals surface area contributed by atoms with Crippen LogP contribution in [0.1, 0.15) is 48.3 Å². The minimum atomic E-state index is -0.0455. The highest BCUT2D eigenvalue weighted by Crippen LogP contribution is 2.34. The van der Waals surface area contributed by atoms with Gasteiger partial charge in [-0.3, -0.25) is 4.79 Å². The van der Waals surface area contributed by atoms with Crippen molar-refractivity contribution >= 4 is 33.0 Å². The van der Waals surface area contributed by atoms with E-state index >= 15 is 0 Å². The second kappa shape index (κ2) is 6.94. The van der Waals surface area contributed by atoms with Crippen molar-refractivity contribution in [3.63, 3.8) is 0 Å². The molecule has 0 saturated heterocycles. The molecule has 0 unspecified atom stereocenters. The lowest BCUT2D eigenvalue weighted by atomic mass is 10.1. The molecule has 0 spiro atoms. The molecule has 1 aromatic carbocycles. The number of rotatable bonds is 6. The number of aryl methyl sites for hydroxylation is 1. The predicted molar refractivity (Wildman–Crippen MR) is 92.0 cm³/mol. The molecule has 0 atom stereocenters. The van der Waals surface area contributed by atoms with E-state index in [1.807, 2.05) is 25.1 Å². The van der Waals surface area contributed by atoms with Crippen LogP contribution in [0.3, 0.4) is 0 Å². The largest absolute Gasteiger partial charge is 0.397 e. The summed E-state index contributed by atoms with van der Waals surface area (Å²) in [5.41, 5.74) is 7.90. The molecule has 0 fully saturated rings. The van der Waals surface area contributed by atoms with E-state index in [9.17, 15) is 4.79 Å². The van der Waals surface area contributed by atoms with Gasteiger partial charge in [-0.15, -0.1) is 11.3 Å². The maximum absolute atomic E-state index is 12.2. The van der Waals surface area contributed by atoms with Crippen molar-refractivity contribution in [2.75, 3.05) is 12.3 Å². The average Bonchev–Trinajstić information content (AvgIpc) is 2.75. The third-order valence-corrected chi connectivity index (χ3v) is 4.77. The van der Waals surface area contributed by atoms with Crippen LogP contribution in [0, 0.1) is 12.8 Å². The summed E-state index contributed by atoms with van der Waals surface area (Å²) in [6.45, 7) is 7.19. The van der Waals surface area contributed by atoms with E-state index in [0.717, 1.165) is 41.0 Å². The molecular weight excluding hydrogens is 280 g/mol. The van der Waals surface area contributed by atoms with Crippen LogP contribution in [0.25, 0.3) is 10.1 Å². The fourth-order valence-electron chi connectivity index (χ4n) is 2.36. The summed E-state index contributed by atoms with van der Waals surface area (Å²) in [4.78, 5) is 12.9. The molecular formula is C17H24N2OS. The van der Waals surface area contributed by atoms with Crippen molar-refractivity contribution in [3.05, 3.63) is 28.6 Å². The number of carbonyl (C=O) groups excluding carboxylic acids is 1. The summed E-state index contributed by atoms with van der Waals surface area (Å²) in [5, 5.41) is 3.97. The summed E-state index contributed by atoms with van der Waals surface area (Å²) < 4.78 is 1.07. The van der Waals surface area contributed by atoms with Crippen LogP contribution in [0.2, 0.25) is 0 Å². The van der Waals surface area contributed by atoms with Gasteiger partial charge >= 0.3 is 0 Å². The molecule has 1 amide bonds. The number of nitrogens with one attached hydrogen (secondary N) is 1. The van der Waals surface area contributed by atoms with Gasteiger partial charge in [0.2, 0.25) is 0 Å². The number of anilines is 1. The summed E-state index contributed by atoms with van der Waals surface area (Å²) in [5.74, 6) is 0.679. The van der Waals surface area contributed by atoms with Gasteiger partial charge < -0.3 is 11.1 Å². The molecule has 0 bridgehead atoms. The number of nitrogens with two attached hydrogens (primary N) is 1. The quantitative estimate of drug-likeness (QED) is 0.780. The van der Waals surface area contributed by atoms with Crippen LogP contribution >= 0.6 is 11.3 Å². The van der Waals surface area contributed by atoms with Crippen LogP contribution in [0.15, 0.2) is 18.2 Å². The highest BCUT2D eigenvalue weighted by atomic mass is 32.1. The van der Waals surface area contributed by atoms with Crippen LogP contribution in [0.5, 0.6) is 0 Å². The molecule has 0 aliphatic rings. The highest BCUT2D eigenvalue weighted by molar-refractivity contribution is 7.21. The molecule has 3 N–H and O–H groups in total. The molecule has 21 heavy (non-hydrogen) atoms. The van der Waals surface area contributed by atoms with Gasteiger partial charge in [-0.2, -0.15) is 0 Å². The van der Waals surface area contributed by atoms with E-state index in [0.29, 0.717) is 10.6 Å².